The molecule has 2 N–H and O–H groups in total. The normalized spacial score (nSPS) is 19.4. The summed E-state index contributed by atoms with van der Waals surface area (Å²) in [6.45, 7) is 4.63. The lowest BCUT2D eigenvalue weighted by atomic mass is 9.81. The van der Waals surface area contributed by atoms with Gasteiger partial charge in [0.15, 0.2) is 0 Å². The maximum absolute atomic E-state index is 12.3. The van der Waals surface area contributed by atoms with E-state index in [1.807, 2.05) is 0 Å². The minimum Gasteiger partial charge on any atom is -0.373 e. The summed E-state index contributed by atoms with van der Waals surface area (Å²) in [6.07, 6.45) is 3.39. The number of piperidine rings is 1. The van der Waals surface area contributed by atoms with Crippen molar-refractivity contribution in [3.8, 4) is 0 Å². The number of sulfonamides is 1. The molecule has 0 bridgehead atoms. The Balaban J connectivity index is 2.00. The summed E-state index contributed by atoms with van der Waals surface area (Å²) >= 11 is 0. The third-order valence-corrected chi connectivity index (χ3v) is 5.57. The standard InChI is InChI=1S/C14H24N4O2S/c1-14(6-8-18(3)9-7-14)11-17-21(19,20)12-4-5-13(15-2)16-10-12/h4-5,10,17H,6-9,11H2,1-3H3,(H,15,16). The molecule has 0 unspecified atom stereocenters. The minimum absolute atomic E-state index is 0.0257. The Morgan fingerprint density at radius 2 is 2.00 bits per heavy atom. The summed E-state index contributed by atoms with van der Waals surface area (Å²) < 4.78 is 27.3. The minimum atomic E-state index is -3.49. The van der Waals surface area contributed by atoms with Gasteiger partial charge in [-0.15, -0.1) is 0 Å². The highest BCUT2D eigenvalue weighted by Gasteiger charge is 2.30. The summed E-state index contributed by atoms with van der Waals surface area (Å²) in [5.74, 6) is 0.649. The zero-order chi connectivity index (χ0) is 15.5. The zero-order valence-electron chi connectivity index (χ0n) is 12.9. The molecule has 2 heterocycles. The Morgan fingerprint density at radius 1 is 1.33 bits per heavy atom. The van der Waals surface area contributed by atoms with Crippen LogP contribution in [-0.4, -0.2) is 52.0 Å². The molecule has 0 radical (unpaired) electrons. The number of hydrogen-bond acceptors (Lipinski definition) is 5. The Hall–Kier alpha value is -1.18. The van der Waals surface area contributed by atoms with E-state index in [1.165, 1.54) is 6.20 Å². The van der Waals surface area contributed by atoms with Crippen molar-refractivity contribution < 1.29 is 8.42 Å². The Morgan fingerprint density at radius 3 is 2.52 bits per heavy atom. The van der Waals surface area contributed by atoms with Crippen LogP contribution < -0.4 is 10.0 Å². The van der Waals surface area contributed by atoms with Gasteiger partial charge < -0.3 is 10.2 Å². The van der Waals surface area contributed by atoms with E-state index >= 15 is 0 Å². The van der Waals surface area contributed by atoms with Crippen molar-refractivity contribution in [3.63, 3.8) is 0 Å². The highest BCUT2D eigenvalue weighted by molar-refractivity contribution is 7.89. The van der Waals surface area contributed by atoms with E-state index in [0.29, 0.717) is 12.4 Å². The molecular weight excluding hydrogens is 288 g/mol. The van der Waals surface area contributed by atoms with Crippen LogP contribution in [0.2, 0.25) is 0 Å². The predicted molar refractivity (Wildman–Crippen MR) is 83.8 cm³/mol. The van der Waals surface area contributed by atoms with Gasteiger partial charge in [0.1, 0.15) is 10.7 Å². The van der Waals surface area contributed by atoms with Crippen LogP contribution in [0.5, 0.6) is 0 Å². The van der Waals surface area contributed by atoms with Gasteiger partial charge >= 0.3 is 0 Å². The SMILES string of the molecule is CNc1ccc(S(=O)(=O)NCC2(C)CCN(C)CC2)cn1. The van der Waals surface area contributed by atoms with Crippen LogP contribution in [0.25, 0.3) is 0 Å². The smallest absolute Gasteiger partial charge is 0.242 e. The third kappa shape index (κ3) is 4.15. The molecule has 0 atom stereocenters. The molecule has 6 nitrogen and oxygen atoms in total. The number of likely N-dealkylation sites (tertiary alicyclic amines) is 1. The molecule has 118 valence electrons. The first-order valence-electron chi connectivity index (χ1n) is 7.17. The zero-order valence-corrected chi connectivity index (χ0v) is 13.7. The average molecular weight is 312 g/mol. The molecule has 1 saturated heterocycles. The van der Waals surface area contributed by atoms with Gasteiger partial charge in [0.05, 0.1) is 0 Å². The lowest BCUT2D eigenvalue weighted by Crippen LogP contribution is -2.43. The van der Waals surface area contributed by atoms with Crippen LogP contribution in [0, 0.1) is 5.41 Å². The average Bonchev–Trinajstić information content (AvgIpc) is 2.49. The van der Waals surface area contributed by atoms with Crippen molar-refractivity contribution in [2.75, 3.05) is 39.0 Å². The first kappa shape index (κ1) is 16.2. The highest BCUT2D eigenvalue weighted by Crippen LogP contribution is 2.29. The Bertz CT molecular complexity index is 563. The fourth-order valence-electron chi connectivity index (χ4n) is 2.37. The van der Waals surface area contributed by atoms with E-state index in [0.717, 1.165) is 25.9 Å². The van der Waals surface area contributed by atoms with Crippen LogP contribution in [0.1, 0.15) is 19.8 Å². The molecule has 21 heavy (non-hydrogen) atoms. The quantitative estimate of drug-likeness (QED) is 0.853. The number of hydrogen-bond donors (Lipinski definition) is 2. The molecule has 1 fully saturated rings. The second-order valence-corrected chi connectivity index (χ2v) is 7.83. The molecule has 2 rings (SSSR count). The molecular formula is C14H24N4O2S. The van der Waals surface area contributed by atoms with E-state index in [2.05, 4.69) is 33.9 Å². The summed E-state index contributed by atoms with van der Waals surface area (Å²) in [5.41, 5.74) is 0.0257. The van der Waals surface area contributed by atoms with Gasteiger partial charge in [0.2, 0.25) is 10.0 Å². The highest BCUT2D eigenvalue weighted by atomic mass is 32.2. The van der Waals surface area contributed by atoms with Crippen molar-refractivity contribution in [2.45, 2.75) is 24.7 Å². The van der Waals surface area contributed by atoms with Crippen molar-refractivity contribution in [1.82, 2.24) is 14.6 Å². The second-order valence-electron chi connectivity index (χ2n) is 6.07. The second kappa shape index (κ2) is 6.29. The molecule has 1 aliphatic rings. The molecule has 7 heteroatoms. The van der Waals surface area contributed by atoms with Crippen molar-refractivity contribution >= 4 is 15.8 Å². The fraction of sp³-hybridized carbons (Fsp3) is 0.643. The first-order chi connectivity index (χ1) is 9.85. The van der Waals surface area contributed by atoms with Crippen LogP contribution in [0.4, 0.5) is 5.82 Å². The lowest BCUT2D eigenvalue weighted by Gasteiger charge is -2.37. The summed E-state index contributed by atoms with van der Waals surface area (Å²) in [7, 11) is 0.352. The lowest BCUT2D eigenvalue weighted by molar-refractivity contribution is 0.143. The number of nitrogens with zero attached hydrogens (tertiary/aromatic N) is 2. The molecule has 0 aromatic carbocycles. The number of nitrogens with one attached hydrogen (secondary N) is 2. The third-order valence-electron chi connectivity index (χ3n) is 4.19. The Kier molecular flexibility index (Phi) is 4.85. The van der Waals surface area contributed by atoms with Crippen LogP contribution >= 0.6 is 0 Å². The van der Waals surface area contributed by atoms with Gasteiger partial charge in [-0.2, -0.15) is 0 Å². The van der Waals surface area contributed by atoms with Gasteiger partial charge in [-0.3, -0.25) is 0 Å². The van der Waals surface area contributed by atoms with Crippen molar-refractivity contribution in [2.24, 2.45) is 5.41 Å². The van der Waals surface area contributed by atoms with Crippen LogP contribution in [0.3, 0.4) is 0 Å². The van der Waals surface area contributed by atoms with Gasteiger partial charge in [-0.05, 0) is 50.5 Å². The molecule has 1 aliphatic heterocycles. The number of pyridine rings is 1. The van der Waals surface area contributed by atoms with Crippen molar-refractivity contribution in [3.05, 3.63) is 18.3 Å². The number of anilines is 1. The molecule has 0 saturated carbocycles. The van der Waals surface area contributed by atoms with Gasteiger partial charge in [-0.1, -0.05) is 6.92 Å². The summed E-state index contributed by atoms with van der Waals surface area (Å²) in [4.78, 5) is 6.53. The van der Waals surface area contributed by atoms with Gasteiger partial charge in [0, 0.05) is 19.8 Å². The monoisotopic (exact) mass is 312 g/mol. The van der Waals surface area contributed by atoms with E-state index < -0.39 is 10.0 Å². The van der Waals surface area contributed by atoms with E-state index in [1.54, 1.807) is 19.2 Å². The predicted octanol–water partition coefficient (Wildman–Crippen LogP) is 1.13. The molecule has 0 spiro atoms. The van der Waals surface area contributed by atoms with E-state index in [-0.39, 0.29) is 10.3 Å². The fourth-order valence-corrected chi connectivity index (χ4v) is 3.52. The van der Waals surface area contributed by atoms with Crippen molar-refractivity contribution in [1.29, 1.82) is 0 Å². The number of rotatable bonds is 5. The maximum Gasteiger partial charge on any atom is 0.242 e. The van der Waals surface area contributed by atoms with Crippen LogP contribution in [-0.2, 0) is 10.0 Å². The Labute approximate surface area is 127 Å². The van der Waals surface area contributed by atoms with E-state index in [9.17, 15) is 8.42 Å². The maximum atomic E-state index is 12.3. The molecule has 0 amide bonds. The topological polar surface area (TPSA) is 74.3 Å². The molecule has 1 aromatic heterocycles. The molecule has 1 aromatic rings. The van der Waals surface area contributed by atoms with Gasteiger partial charge in [0.25, 0.3) is 0 Å². The van der Waals surface area contributed by atoms with Crippen LogP contribution in [0.15, 0.2) is 23.2 Å². The first-order valence-corrected chi connectivity index (χ1v) is 8.65. The largest absolute Gasteiger partial charge is 0.373 e. The van der Waals surface area contributed by atoms with Gasteiger partial charge in [-0.25, -0.2) is 18.1 Å². The molecule has 0 aliphatic carbocycles. The van der Waals surface area contributed by atoms with E-state index in [4.69, 9.17) is 0 Å². The number of aromatic nitrogens is 1. The summed E-state index contributed by atoms with van der Waals surface area (Å²) in [5, 5.41) is 2.87. The summed E-state index contributed by atoms with van der Waals surface area (Å²) in [6, 6.07) is 3.23.